The third kappa shape index (κ3) is 2.03. The first kappa shape index (κ1) is 10.1. The minimum atomic E-state index is -4.26. The van der Waals surface area contributed by atoms with Crippen molar-refractivity contribution in [2.45, 2.75) is 24.6 Å². The van der Waals surface area contributed by atoms with Crippen molar-refractivity contribution in [1.29, 1.82) is 0 Å². The smallest absolute Gasteiger partial charge is 0.406 e. The highest BCUT2D eigenvalue weighted by Gasteiger charge is 2.63. The van der Waals surface area contributed by atoms with Crippen molar-refractivity contribution in [3.8, 4) is 0 Å². The number of oxime groups is 1. The molecule has 1 rings (SSSR count). The van der Waals surface area contributed by atoms with E-state index in [9.17, 15) is 13.2 Å². The summed E-state index contributed by atoms with van der Waals surface area (Å²) in [6, 6.07) is 0. The van der Waals surface area contributed by atoms with Crippen LogP contribution in [0.2, 0.25) is 0 Å². The normalized spacial score (nSPS) is 21.6. The summed E-state index contributed by atoms with van der Waals surface area (Å²) >= 11 is 0. The molecule has 1 saturated carbocycles. The van der Waals surface area contributed by atoms with Crippen LogP contribution >= 0.6 is 0 Å². The van der Waals surface area contributed by atoms with Gasteiger partial charge in [0.05, 0.1) is 6.54 Å². The average molecular weight is 197 g/mol. The molecule has 0 aromatic carbocycles. The Hall–Kier alpha value is -0.980. The molecule has 0 aromatic heterocycles. The number of hydrogen-bond acceptors (Lipinski definition) is 3. The van der Waals surface area contributed by atoms with Gasteiger partial charge in [0.15, 0.2) is 5.84 Å². The second kappa shape index (κ2) is 3.06. The molecule has 0 bridgehead atoms. The number of amidine groups is 1. The lowest BCUT2D eigenvalue weighted by Gasteiger charge is -2.19. The summed E-state index contributed by atoms with van der Waals surface area (Å²) in [7, 11) is 0. The van der Waals surface area contributed by atoms with Crippen LogP contribution in [0.25, 0.3) is 0 Å². The number of rotatable bonds is 3. The zero-order valence-corrected chi connectivity index (χ0v) is 6.73. The number of alkyl halides is 3. The van der Waals surface area contributed by atoms with Crippen LogP contribution in [0.4, 0.5) is 13.2 Å². The van der Waals surface area contributed by atoms with Crippen LogP contribution in [0.15, 0.2) is 5.16 Å². The Morgan fingerprint density at radius 2 is 2.08 bits per heavy atom. The summed E-state index contributed by atoms with van der Waals surface area (Å²) in [5.74, 6) is -0.254. The maximum absolute atomic E-state index is 12.2. The molecular weight excluding hydrogens is 187 g/mol. The lowest BCUT2D eigenvalue weighted by molar-refractivity contribution is -0.164. The molecule has 13 heavy (non-hydrogen) atoms. The van der Waals surface area contributed by atoms with Gasteiger partial charge in [-0.15, -0.1) is 0 Å². The molecule has 76 valence electrons. The van der Waals surface area contributed by atoms with Gasteiger partial charge >= 0.3 is 6.18 Å². The lowest BCUT2D eigenvalue weighted by atomic mass is 10.2. The number of nitrogens with one attached hydrogen (secondary N) is 1. The first-order chi connectivity index (χ1) is 5.91. The molecule has 0 saturated heterocycles. The highest BCUT2D eigenvalue weighted by Crippen LogP contribution is 2.48. The van der Waals surface area contributed by atoms with E-state index >= 15 is 0 Å². The van der Waals surface area contributed by atoms with Crippen LogP contribution in [0.3, 0.4) is 0 Å². The maximum atomic E-state index is 12.2. The van der Waals surface area contributed by atoms with E-state index in [-0.39, 0.29) is 25.2 Å². The minimum Gasteiger partial charge on any atom is -0.409 e. The Bertz CT molecular complexity index is 222. The van der Waals surface area contributed by atoms with Crippen molar-refractivity contribution in [3.05, 3.63) is 0 Å². The van der Waals surface area contributed by atoms with Gasteiger partial charge in [-0.2, -0.15) is 13.2 Å². The summed E-state index contributed by atoms with van der Waals surface area (Å²) in [5.41, 5.74) is 3.22. The zero-order chi connectivity index (χ0) is 10.1. The van der Waals surface area contributed by atoms with Gasteiger partial charge in [-0.05, 0) is 12.8 Å². The molecule has 0 heterocycles. The lowest BCUT2D eigenvalue weighted by Crippen LogP contribution is -2.48. The van der Waals surface area contributed by atoms with Crippen molar-refractivity contribution in [2.24, 2.45) is 10.9 Å². The fourth-order valence-electron chi connectivity index (χ4n) is 0.981. The summed E-state index contributed by atoms with van der Waals surface area (Å²) < 4.78 is 36.7. The van der Waals surface area contributed by atoms with E-state index in [1.54, 1.807) is 0 Å². The fraction of sp³-hybridized carbons (Fsp3) is 0.833. The van der Waals surface area contributed by atoms with E-state index in [0.717, 1.165) is 0 Å². The van der Waals surface area contributed by atoms with Gasteiger partial charge < -0.3 is 10.9 Å². The molecule has 0 atom stereocenters. The number of hydrogen-bond donors (Lipinski definition) is 3. The van der Waals surface area contributed by atoms with Gasteiger partial charge in [0.1, 0.15) is 5.54 Å². The zero-order valence-electron chi connectivity index (χ0n) is 6.73. The quantitative estimate of drug-likeness (QED) is 0.266. The standard InChI is InChI=1S/C6H10F3N3O/c7-6(8,9)5(1-2-5)11-3-4(10)12-13/h11,13H,1-3H2,(H2,10,12). The average Bonchev–Trinajstić information content (AvgIpc) is 2.79. The van der Waals surface area contributed by atoms with Crippen molar-refractivity contribution < 1.29 is 18.4 Å². The first-order valence-corrected chi connectivity index (χ1v) is 3.69. The summed E-state index contributed by atoms with van der Waals surface area (Å²) in [5, 5.41) is 12.9. The number of nitrogens with zero attached hydrogens (tertiary/aromatic N) is 1. The summed E-state index contributed by atoms with van der Waals surface area (Å²) in [6.07, 6.45) is -4.16. The monoisotopic (exact) mass is 197 g/mol. The van der Waals surface area contributed by atoms with Crippen LogP contribution in [0, 0.1) is 0 Å². The Morgan fingerprint density at radius 3 is 2.38 bits per heavy atom. The second-order valence-corrected chi connectivity index (χ2v) is 3.02. The summed E-state index contributed by atoms with van der Waals surface area (Å²) in [6.45, 7) is -0.254. The third-order valence-corrected chi connectivity index (χ3v) is 2.03. The highest BCUT2D eigenvalue weighted by molar-refractivity contribution is 5.81. The Kier molecular flexibility index (Phi) is 2.38. The van der Waals surface area contributed by atoms with Gasteiger partial charge in [-0.3, -0.25) is 5.32 Å². The molecule has 1 fully saturated rings. The SMILES string of the molecule is NC(CNC1(C(F)(F)F)CC1)=NO. The van der Waals surface area contributed by atoms with Crippen molar-refractivity contribution in [1.82, 2.24) is 5.32 Å². The topological polar surface area (TPSA) is 70.6 Å². The predicted molar refractivity (Wildman–Crippen MR) is 39.4 cm³/mol. The van der Waals surface area contributed by atoms with E-state index < -0.39 is 11.7 Å². The van der Waals surface area contributed by atoms with Crippen molar-refractivity contribution in [3.63, 3.8) is 0 Å². The summed E-state index contributed by atoms with van der Waals surface area (Å²) in [4.78, 5) is 0. The van der Waals surface area contributed by atoms with E-state index in [4.69, 9.17) is 10.9 Å². The molecule has 7 heteroatoms. The molecule has 0 aliphatic heterocycles. The molecule has 0 radical (unpaired) electrons. The van der Waals surface area contributed by atoms with Crippen LogP contribution in [0.1, 0.15) is 12.8 Å². The second-order valence-electron chi connectivity index (χ2n) is 3.02. The molecular formula is C6H10F3N3O. The van der Waals surface area contributed by atoms with E-state index in [1.165, 1.54) is 0 Å². The Labute approximate surface area is 72.6 Å². The van der Waals surface area contributed by atoms with Gasteiger partial charge in [0.25, 0.3) is 0 Å². The minimum absolute atomic E-state index is 0.0508. The van der Waals surface area contributed by atoms with Crippen LogP contribution in [-0.4, -0.2) is 29.3 Å². The molecule has 4 nitrogen and oxygen atoms in total. The van der Waals surface area contributed by atoms with Gasteiger partial charge in [-0.25, -0.2) is 0 Å². The van der Waals surface area contributed by atoms with E-state index in [0.29, 0.717) is 0 Å². The van der Waals surface area contributed by atoms with Gasteiger partial charge in [0.2, 0.25) is 0 Å². The number of nitrogens with two attached hydrogens (primary N) is 1. The van der Waals surface area contributed by atoms with E-state index in [2.05, 4.69) is 10.5 Å². The third-order valence-electron chi connectivity index (χ3n) is 2.03. The Morgan fingerprint density at radius 1 is 1.54 bits per heavy atom. The van der Waals surface area contributed by atoms with Crippen LogP contribution in [0.5, 0.6) is 0 Å². The molecule has 0 unspecified atom stereocenters. The largest absolute Gasteiger partial charge is 0.409 e. The molecule has 0 amide bonds. The van der Waals surface area contributed by atoms with Crippen molar-refractivity contribution in [2.75, 3.05) is 6.54 Å². The van der Waals surface area contributed by atoms with E-state index in [1.807, 2.05) is 0 Å². The highest BCUT2D eigenvalue weighted by atomic mass is 19.4. The predicted octanol–water partition coefficient (Wildman–Crippen LogP) is 0.417. The van der Waals surface area contributed by atoms with Gasteiger partial charge in [0, 0.05) is 0 Å². The molecule has 1 aliphatic rings. The maximum Gasteiger partial charge on any atom is 0.406 e. The van der Waals surface area contributed by atoms with Gasteiger partial charge in [-0.1, -0.05) is 5.16 Å². The fourth-order valence-corrected chi connectivity index (χ4v) is 0.981. The van der Waals surface area contributed by atoms with Crippen LogP contribution < -0.4 is 11.1 Å². The molecule has 1 aliphatic carbocycles. The first-order valence-electron chi connectivity index (χ1n) is 3.69. The molecule has 0 spiro atoms. The molecule has 0 aromatic rings. The number of halogens is 3. The van der Waals surface area contributed by atoms with Crippen LogP contribution in [-0.2, 0) is 0 Å². The van der Waals surface area contributed by atoms with Crippen molar-refractivity contribution >= 4 is 5.84 Å². The molecule has 4 N–H and O–H groups in total. The Balaban J connectivity index is 2.46.